The molecule has 1 aliphatic rings. The molecule has 0 N–H and O–H groups in total. The maximum atomic E-state index is 12.1. The Labute approximate surface area is 121 Å². The number of rotatable bonds is 4. The van der Waals surface area contributed by atoms with Crippen molar-refractivity contribution in [3.8, 4) is 0 Å². The minimum absolute atomic E-state index is 0.244. The molecule has 18 heavy (non-hydrogen) atoms. The van der Waals surface area contributed by atoms with Crippen LogP contribution in [0.25, 0.3) is 0 Å². The van der Waals surface area contributed by atoms with E-state index in [-0.39, 0.29) is 5.78 Å². The third-order valence-corrected chi connectivity index (χ3v) is 4.66. The van der Waals surface area contributed by atoms with Crippen molar-refractivity contribution in [1.82, 2.24) is 4.90 Å². The molecule has 1 heterocycles. The minimum Gasteiger partial charge on any atom is -0.302 e. The molecule has 98 valence electrons. The van der Waals surface area contributed by atoms with E-state index in [2.05, 4.69) is 20.8 Å². The van der Waals surface area contributed by atoms with Crippen LogP contribution < -0.4 is 0 Å². The molecule has 4 heteroatoms. The van der Waals surface area contributed by atoms with Gasteiger partial charge in [-0.25, -0.2) is 0 Å². The molecule has 0 spiro atoms. The highest BCUT2D eigenvalue weighted by Crippen LogP contribution is 2.14. The van der Waals surface area contributed by atoms with Crippen molar-refractivity contribution in [3.05, 3.63) is 34.3 Å². The van der Waals surface area contributed by atoms with Gasteiger partial charge in [-0.2, -0.15) is 11.8 Å². The molecular formula is C14H18BrNOS. The summed E-state index contributed by atoms with van der Waals surface area (Å²) in [6, 6.07) is 7.66. The lowest BCUT2D eigenvalue weighted by atomic mass is 10.1. The predicted molar refractivity (Wildman–Crippen MR) is 81.5 cm³/mol. The Kier molecular flexibility index (Phi) is 5.73. The Hall–Kier alpha value is -0.320. The summed E-state index contributed by atoms with van der Waals surface area (Å²) >= 11 is 5.42. The summed E-state index contributed by atoms with van der Waals surface area (Å²) in [6.07, 6.45) is 1.87. The van der Waals surface area contributed by atoms with Gasteiger partial charge in [0.15, 0.2) is 5.78 Å². The second kappa shape index (κ2) is 7.31. The molecule has 0 aromatic heterocycles. The largest absolute Gasteiger partial charge is 0.302 e. The van der Waals surface area contributed by atoms with Gasteiger partial charge < -0.3 is 4.90 Å². The maximum absolute atomic E-state index is 12.1. The lowest BCUT2D eigenvalue weighted by molar-refractivity contribution is 0.0966. The second-order valence-electron chi connectivity index (χ2n) is 4.49. The van der Waals surface area contributed by atoms with Crippen LogP contribution >= 0.6 is 27.7 Å². The van der Waals surface area contributed by atoms with Gasteiger partial charge in [-0.3, -0.25) is 4.79 Å². The average molecular weight is 328 g/mol. The molecule has 1 aromatic rings. The number of carbonyl (C=O) groups is 1. The average Bonchev–Trinajstić information content (AvgIpc) is 2.64. The van der Waals surface area contributed by atoms with Crippen molar-refractivity contribution < 1.29 is 4.79 Å². The van der Waals surface area contributed by atoms with Crippen LogP contribution in [-0.4, -0.2) is 41.8 Å². The van der Waals surface area contributed by atoms with Crippen LogP contribution in [0.1, 0.15) is 23.2 Å². The van der Waals surface area contributed by atoms with Gasteiger partial charge in [0, 0.05) is 35.3 Å². The first-order valence-electron chi connectivity index (χ1n) is 6.34. The molecule has 0 atom stereocenters. The number of hydrogen-bond acceptors (Lipinski definition) is 3. The van der Waals surface area contributed by atoms with E-state index in [0.717, 1.165) is 29.7 Å². The molecule has 0 bridgehead atoms. The van der Waals surface area contributed by atoms with Crippen LogP contribution in [0.3, 0.4) is 0 Å². The molecule has 0 aliphatic carbocycles. The lowest BCUT2D eigenvalue weighted by Gasteiger charge is -2.18. The summed E-state index contributed by atoms with van der Waals surface area (Å²) in [5, 5.41) is 0. The van der Waals surface area contributed by atoms with Gasteiger partial charge in [-0.1, -0.05) is 28.1 Å². The summed E-state index contributed by atoms with van der Waals surface area (Å²) in [5.41, 5.74) is 0.813. The molecule has 0 saturated carbocycles. The van der Waals surface area contributed by atoms with E-state index >= 15 is 0 Å². The molecule has 1 fully saturated rings. The van der Waals surface area contributed by atoms with E-state index in [1.54, 1.807) is 0 Å². The number of Topliss-reactive ketones (excluding diaryl/α,β-unsaturated/α-hetero) is 1. The molecule has 2 rings (SSSR count). The number of nitrogens with zero attached hydrogens (tertiary/aromatic N) is 1. The Bertz CT molecular complexity index is 403. The number of carbonyl (C=O) groups excluding carboxylic acids is 1. The predicted octanol–water partition coefficient (Wildman–Crippen LogP) is 3.46. The molecule has 0 amide bonds. The Morgan fingerprint density at radius 2 is 2.22 bits per heavy atom. The first kappa shape index (κ1) is 14.1. The fraction of sp³-hybridized carbons (Fsp3) is 0.500. The molecular weight excluding hydrogens is 310 g/mol. The number of hydrogen-bond donors (Lipinski definition) is 0. The van der Waals surface area contributed by atoms with Gasteiger partial charge in [-0.05, 0) is 30.9 Å². The number of ketones is 1. The van der Waals surface area contributed by atoms with Gasteiger partial charge in [0.25, 0.3) is 0 Å². The number of thioether (sulfide) groups is 1. The Morgan fingerprint density at radius 1 is 1.33 bits per heavy atom. The Morgan fingerprint density at radius 3 is 3.06 bits per heavy atom. The zero-order chi connectivity index (χ0) is 12.8. The van der Waals surface area contributed by atoms with Gasteiger partial charge in [0.1, 0.15) is 0 Å². The number of benzene rings is 1. The van der Waals surface area contributed by atoms with E-state index < -0.39 is 0 Å². The third-order valence-electron chi connectivity index (χ3n) is 3.12. The molecule has 1 aliphatic heterocycles. The highest BCUT2D eigenvalue weighted by atomic mass is 79.9. The normalized spacial score (nSPS) is 17.4. The first-order chi connectivity index (χ1) is 8.75. The van der Waals surface area contributed by atoms with E-state index in [1.807, 2.05) is 36.0 Å². The van der Waals surface area contributed by atoms with Crippen molar-refractivity contribution in [1.29, 1.82) is 0 Å². The molecule has 0 unspecified atom stereocenters. The topological polar surface area (TPSA) is 20.3 Å². The number of halogens is 1. The summed E-state index contributed by atoms with van der Waals surface area (Å²) in [6.45, 7) is 3.15. The second-order valence-corrected chi connectivity index (χ2v) is 6.63. The van der Waals surface area contributed by atoms with Gasteiger partial charge in [0.2, 0.25) is 0 Å². The highest BCUT2D eigenvalue weighted by molar-refractivity contribution is 9.10. The van der Waals surface area contributed by atoms with E-state index in [4.69, 9.17) is 0 Å². The van der Waals surface area contributed by atoms with Crippen LogP contribution in [-0.2, 0) is 0 Å². The molecule has 1 saturated heterocycles. The van der Waals surface area contributed by atoms with Crippen molar-refractivity contribution >= 4 is 33.5 Å². The smallest absolute Gasteiger partial charge is 0.164 e. The molecule has 1 aromatic carbocycles. The van der Waals surface area contributed by atoms with Crippen molar-refractivity contribution in [2.45, 2.75) is 12.8 Å². The van der Waals surface area contributed by atoms with Crippen LogP contribution in [0, 0.1) is 0 Å². The summed E-state index contributed by atoms with van der Waals surface area (Å²) < 4.78 is 0.972. The van der Waals surface area contributed by atoms with Gasteiger partial charge in [-0.15, -0.1) is 0 Å². The van der Waals surface area contributed by atoms with Gasteiger partial charge >= 0.3 is 0 Å². The lowest BCUT2D eigenvalue weighted by Crippen LogP contribution is -2.28. The highest BCUT2D eigenvalue weighted by Gasteiger charge is 2.12. The quantitative estimate of drug-likeness (QED) is 0.790. The van der Waals surface area contributed by atoms with E-state index in [0.29, 0.717) is 6.42 Å². The zero-order valence-corrected chi connectivity index (χ0v) is 12.8. The maximum Gasteiger partial charge on any atom is 0.164 e. The first-order valence-corrected chi connectivity index (χ1v) is 8.29. The van der Waals surface area contributed by atoms with Crippen LogP contribution in [0.2, 0.25) is 0 Å². The fourth-order valence-electron chi connectivity index (χ4n) is 2.09. The monoisotopic (exact) mass is 327 g/mol. The third kappa shape index (κ3) is 4.41. The summed E-state index contributed by atoms with van der Waals surface area (Å²) in [4.78, 5) is 14.5. The van der Waals surface area contributed by atoms with Gasteiger partial charge in [0.05, 0.1) is 0 Å². The minimum atomic E-state index is 0.244. The van der Waals surface area contributed by atoms with Crippen molar-refractivity contribution in [2.75, 3.05) is 31.1 Å². The molecule has 2 nitrogen and oxygen atoms in total. The van der Waals surface area contributed by atoms with Crippen molar-refractivity contribution in [3.63, 3.8) is 0 Å². The summed E-state index contributed by atoms with van der Waals surface area (Å²) in [5.74, 6) is 2.70. The SMILES string of the molecule is O=C(CCN1CCCSCC1)c1cccc(Br)c1. The van der Waals surface area contributed by atoms with E-state index in [9.17, 15) is 4.79 Å². The van der Waals surface area contributed by atoms with Crippen molar-refractivity contribution in [2.24, 2.45) is 0 Å². The molecule has 0 radical (unpaired) electrons. The Balaban J connectivity index is 1.84. The fourth-order valence-corrected chi connectivity index (χ4v) is 3.41. The van der Waals surface area contributed by atoms with Crippen LogP contribution in [0.4, 0.5) is 0 Å². The van der Waals surface area contributed by atoms with Crippen LogP contribution in [0.15, 0.2) is 28.7 Å². The summed E-state index contributed by atoms with van der Waals surface area (Å²) in [7, 11) is 0. The van der Waals surface area contributed by atoms with E-state index in [1.165, 1.54) is 17.9 Å². The van der Waals surface area contributed by atoms with Crippen LogP contribution in [0.5, 0.6) is 0 Å². The standard InChI is InChI=1S/C14H18BrNOS/c15-13-4-1-3-12(11-13)14(17)5-7-16-6-2-9-18-10-8-16/h1,3-4,11H,2,5-10H2. The zero-order valence-electron chi connectivity index (χ0n) is 10.4.